The fourth-order valence-corrected chi connectivity index (χ4v) is 2.03. The van der Waals surface area contributed by atoms with Gasteiger partial charge in [0.15, 0.2) is 0 Å². The van der Waals surface area contributed by atoms with Crippen LogP contribution in [0.25, 0.3) is 0 Å². The zero-order valence-electron chi connectivity index (χ0n) is 11.0. The molecule has 0 saturated heterocycles. The molecule has 0 fully saturated rings. The van der Waals surface area contributed by atoms with Gasteiger partial charge in [-0.1, -0.05) is 27.2 Å². The maximum atomic E-state index is 11.7. The zero-order chi connectivity index (χ0) is 12.8. The molecule has 0 aliphatic heterocycles. The third-order valence-corrected chi connectivity index (χ3v) is 3.99. The third-order valence-electron chi connectivity index (χ3n) is 3.16. The highest BCUT2D eigenvalue weighted by Gasteiger charge is 2.28. The second kappa shape index (κ2) is 7.17. The van der Waals surface area contributed by atoms with Crippen LogP contribution in [-0.2, 0) is 4.79 Å². The molecule has 3 nitrogen and oxygen atoms in total. The molecule has 0 bridgehead atoms. The minimum Gasteiger partial charge on any atom is -0.388 e. The molecule has 3 atom stereocenters. The Hall–Kier alpha value is -0.220. The van der Waals surface area contributed by atoms with E-state index in [4.69, 9.17) is 0 Å². The van der Waals surface area contributed by atoms with Crippen LogP contribution in [0.2, 0.25) is 0 Å². The molecule has 0 aromatic heterocycles. The fourth-order valence-electron chi connectivity index (χ4n) is 1.38. The fraction of sp³-hybridized carbons (Fsp3) is 0.917. The number of thioether (sulfide) groups is 1. The van der Waals surface area contributed by atoms with Crippen LogP contribution in [0.5, 0.6) is 0 Å². The summed E-state index contributed by atoms with van der Waals surface area (Å²) in [6.45, 7) is 8.05. The minimum atomic E-state index is -0.816. The molecular formula is C12H25NO2S. The summed E-state index contributed by atoms with van der Waals surface area (Å²) in [6, 6.07) is 0. The Balaban J connectivity index is 4.08. The number of rotatable bonds is 7. The SMILES string of the molecule is CCC(C)C(C)(O)CNC(=O)C(C)CSC. The Morgan fingerprint density at radius 2 is 2.06 bits per heavy atom. The van der Waals surface area contributed by atoms with Crippen LogP contribution >= 0.6 is 11.8 Å². The molecule has 3 unspecified atom stereocenters. The van der Waals surface area contributed by atoms with E-state index in [2.05, 4.69) is 5.32 Å². The van der Waals surface area contributed by atoms with Gasteiger partial charge in [0.2, 0.25) is 5.91 Å². The van der Waals surface area contributed by atoms with E-state index in [-0.39, 0.29) is 17.7 Å². The van der Waals surface area contributed by atoms with Crippen molar-refractivity contribution in [1.82, 2.24) is 5.32 Å². The van der Waals surface area contributed by atoms with E-state index < -0.39 is 5.60 Å². The van der Waals surface area contributed by atoms with E-state index in [0.717, 1.165) is 12.2 Å². The molecule has 0 aromatic rings. The van der Waals surface area contributed by atoms with Crippen molar-refractivity contribution in [3.8, 4) is 0 Å². The predicted octanol–water partition coefficient (Wildman–Crippen LogP) is 1.90. The van der Waals surface area contributed by atoms with Crippen molar-refractivity contribution in [2.24, 2.45) is 11.8 Å². The Bertz CT molecular complexity index is 219. The van der Waals surface area contributed by atoms with Crippen molar-refractivity contribution in [3.63, 3.8) is 0 Å². The van der Waals surface area contributed by atoms with E-state index in [1.807, 2.05) is 27.0 Å². The average Bonchev–Trinajstić information content (AvgIpc) is 2.25. The van der Waals surface area contributed by atoms with Crippen LogP contribution < -0.4 is 5.32 Å². The Labute approximate surface area is 103 Å². The molecule has 4 heteroatoms. The van der Waals surface area contributed by atoms with Gasteiger partial charge in [0, 0.05) is 18.2 Å². The van der Waals surface area contributed by atoms with Crippen LogP contribution in [0.1, 0.15) is 34.1 Å². The highest BCUT2D eigenvalue weighted by molar-refractivity contribution is 7.98. The summed E-state index contributed by atoms with van der Waals surface area (Å²) in [6.07, 6.45) is 2.89. The van der Waals surface area contributed by atoms with Crippen molar-refractivity contribution < 1.29 is 9.90 Å². The van der Waals surface area contributed by atoms with Crippen LogP contribution in [0.4, 0.5) is 0 Å². The first-order valence-corrected chi connectivity index (χ1v) is 7.23. The first-order chi connectivity index (χ1) is 7.35. The Kier molecular flexibility index (Phi) is 7.07. The van der Waals surface area contributed by atoms with Crippen molar-refractivity contribution >= 4 is 17.7 Å². The van der Waals surface area contributed by atoms with Crippen LogP contribution in [0, 0.1) is 11.8 Å². The highest BCUT2D eigenvalue weighted by atomic mass is 32.2. The number of hydrogen-bond acceptors (Lipinski definition) is 3. The molecule has 0 radical (unpaired) electrons. The van der Waals surface area contributed by atoms with E-state index in [1.165, 1.54) is 0 Å². The van der Waals surface area contributed by atoms with Crippen molar-refractivity contribution in [1.29, 1.82) is 0 Å². The van der Waals surface area contributed by atoms with Crippen molar-refractivity contribution in [2.45, 2.75) is 39.7 Å². The standard InChI is InChI=1S/C12H25NO2S/c1-6-10(3)12(4,15)8-13-11(14)9(2)7-16-5/h9-10,15H,6-8H2,1-5H3,(H,13,14). The number of nitrogens with one attached hydrogen (secondary N) is 1. The van der Waals surface area contributed by atoms with Gasteiger partial charge >= 0.3 is 0 Å². The van der Waals surface area contributed by atoms with Gasteiger partial charge in [-0.15, -0.1) is 0 Å². The predicted molar refractivity (Wildman–Crippen MR) is 70.6 cm³/mol. The molecule has 16 heavy (non-hydrogen) atoms. The quantitative estimate of drug-likeness (QED) is 0.722. The van der Waals surface area contributed by atoms with Gasteiger partial charge in [-0.25, -0.2) is 0 Å². The molecule has 0 heterocycles. The second-order valence-electron chi connectivity index (χ2n) is 4.74. The van der Waals surface area contributed by atoms with Crippen molar-refractivity contribution in [3.05, 3.63) is 0 Å². The lowest BCUT2D eigenvalue weighted by Gasteiger charge is -2.30. The van der Waals surface area contributed by atoms with Crippen LogP contribution in [0.15, 0.2) is 0 Å². The number of aliphatic hydroxyl groups is 1. The largest absolute Gasteiger partial charge is 0.388 e. The second-order valence-corrected chi connectivity index (χ2v) is 5.65. The summed E-state index contributed by atoms with van der Waals surface area (Å²) < 4.78 is 0. The van der Waals surface area contributed by atoms with Gasteiger partial charge in [0.05, 0.1) is 5.60 Å². The summed E-state index contributed by atoms with van der Waals surface area (Å²) in [5.74, 6) is 1.03. The lowest BCUT2D eigenvalue weighted by molar-refractivity contribution is -0.125. The molecule has 2 N–H and O–H groups in total. The molecule has 0 spiro atoms. The minimum absolute atomic E-state index is 0.00253. The molecule has 0 aliphatic rings. The monoisotopic (exact) mass is 247 g/mol. The smallest absolute Gasteiger partial charge is 0.223 e. The maximum absolute atomic E-state index is 11.7. The van der Waals surface area contributed by atoms with E-state index >= 15 is 0 Å². The normalized spacial score (nSPS) is 18.6. The molecule has 1 amide bonds. The lowest BCUT2D eigenvalue weighted by atomic mass is 9.88. The van der Waals surface area contributed by atoms with Gasteiger partial charge in [-0.05, 0) is 19.1 Å². The summed E-state index contributed by atoms with van der Waals surface area (Å²) >= 11 is 1.66. The summed E-state index contributed by atoms with van der Waals surface area (Å²) in [7, 11) is 0. The molecule has 0 saturated carbocycles. The summed E-state index contributed by atoms with van der Waals surface area (Å²) in [5, 5.41) is 12.9. The molecule has 0 rings (SSSR count). The molecule has 0 aromatic carbocycles. The molecule has 0 aliphatic carbocycles. The van der Waals surface area contributed by atoms with E-state index in [1.54, 1.807) is 18.7 Å². The van der Waals surface area contributed by atoms with Gasteiger partial charge in [-0.3, -0.25) is 4.79 Å². The number of carbonyl (C=O) groups excluding carboxylic acids is 1. The Morgan fingerprint density at radius 1 is 1.50 bits per heavy atom. The van der Waals surface area contributed by atoms with Gasteiger partial charge in [0.1, 0.15) is 0 Å². The number of carbonyl (C=O) groups is 1. The Morgan fingerprint density at radius 3 is 2.50 bits per heavy atom. The molecule has 96 valence electrons. The summed E-state index contributed by atoms with van der Waals surface area (Å²) in [4.78, 5) is 11.7. The highest BCUT2D eigenvalue weighted by Crippen LogP contribution is 2.19. The van der Waals surface area contributed by atoms with Gasteiger partial charge in [0.25, 0.3) is 0 Å². The first kappa shape index (κ1) is 15.8. The average molecular weight is 247 g/mol. The van der Waals surface area contributed by atoms with Gasteiger partial charge < -0.3 is 10.4 Å². The van der Waals surface area contributed by atoms with Gasteiger partial charge in [-0.2, -0.15) is 11.8 Å². The van der Waals surface area contributed by atoms with E-state index in [0.29, 0.717) is 6.54 Å². The first-order valence-electron chi connectivity index (χ1n) is 5.84. The molecular weight excluding hydrogens is 222 g/mol. The topological polar surface area (TPSA) is 49.3 Å². The van der Waals surface area contributed by atoms with E-state index in [9.17, 15) is 9.90 Å². The number of amides is 1. The maximum Gasteiger partial charge on any atom is 0.223 e. The number of hydrogen-bond donors (Lipinski definition) is 2. The zero-order valence-corrected chi connectivity index (χ0v) is 11.9. The lowest BCUT2D eigenvalue weighted by Crippen LogP contribution is -2.46. The third kappa shape index (κ3) is 5.21. The summed E-state index contributed by atoms with van der Waals surface area (Å²) in [5.41, 5.74) is -0.816. The van der Waals surface area contributed by atoms with Crippen molar-refractivity contribution in [2.75, 3.05) is 18.6 Å². The van der Waals surface area contributed by atoms with Crippen LogP contribution in [0.3, 0.4) is 0 Å². The van der Waals surface area contributed by atoms with Crippen LogP contribution in [-0.4, -0.2) is 35.2 Å².